The van der Waals surface area contributed by atoms with Crippen LogP contribution < -0.4 is 10.6 Å². The third kappa shape index (κ3) is 5.00. The van der Waals surface area contributed by atoms with Crippen molar-refractivity contribution in [3.63, 3.8) is 0 Å². The first-order chi connectivity index (χ1) is 14.4. The molecule has 1 amide bonds. The average Bonchev–Trinajstić information content (AvgIpc) is 3.15. The highest BCUT2D eigenvalue weighted by Gasteiger charge is 2.27. The number of rotatable bonds is 4. The minimum absolute atomic E-state index is 0. The topological polar surface area (TPSA) is 59.0 Å². The highest BCUT2D eigenvalue weighted by Crippen LogP contribution is 2.31. The second-order valence-corrected chi connectivity index (χ2v) is 8.48. The van der Waals surface area contributed by atoms with Crippen molar-refractivity contribution in [1.82, 2.24) is 15.1 Å². The van der Waals surface area contributed by atoms with Crippen LogP contribution in [0.1, 0.15) is 57.1 Å². The van der Waals surface area contributed by atoms with Crippen LogP contribution in [0.5, 0.6) is 0 Å². The Balaban J connectivity index is 0.00000272. The van der Waals surface area contributed by atoms with Crippen molar-refractivity contribution in [1.29, 1.82) is 0 Å². The van der Waals surface area contributed by atoms with E-state index in [0.29, 0.717) is 11.5 Å². The number of nitrogens with one attached hydrogen (secondary N) is 2. The van der Waals surface area contributed by atoms with Gasteiger partial charge in [-0.2, -0.15) is 5.10 Å². The van der Waals surface area contributed by atoms with Gasteiger partial charge in [0, 0.05) is 11.6 Å². The summed E-state index contributed by atoms with van der Waals surface area (Å²) < 4.78 is 1.97. The Morgan fingerprint density at radius 1 is 1.00 bits per heavy atom. The zero-order valence-electron chi connectivity index (χ0n) is 18.7. The molecule has 1 aliphatic heterocycles. The number of aryl methyl sites for hydroxylation is 4. The quantitative estimate of drug-likeness (QED) is 0.585. The molecule has 0 unspecified atom stereocenters. The lowest BCUT2D eigenvalue weighted by Crippen LogP contribution is -2.29. The van der Waals surface area contributed by atoms with Crippen LogP contribution in [0.4, 0.5) is 5.69 Å². The van der Waals surface area contributed by atoms with Crippen molar-refractivity contribution in [3.05, 3.63) is 76.1 Å². The van der Waals surface area contributed by atoms with Gasteiger partial charge < -0.3 is 10.6 Å². The number of benzene rings is 2. The molecule has 2 N–H and O–H groups in total. The maximum absolute atomic E-state index is 13.3. The largest absolute Gasteiger partial charge is 0.322 e. The highest BCUT2D eigenvalue weighted by atomic mass is 35.5. The van der Waals surface area contributed by atoms with Gasteiger partial charge in [-0.15, -0.1) is 12.4 Å². The van der Waals surface area contributed by atoms with Crippen LogP contribution in [0, 0.1) is 27.7 Å². The molecule has 4 rings (SSSR count). The minimum Gasteiger partial charge on any atom is -0.322 e. The van der Waals surface area contributed by atoms with Gasteiger partial charge in [0.05, 0.1) is 23.1 Å². The number of carbonyl (C=O) groups is 1. The highest BCUT2D eigenvalue weighted by molar-refractivity contribution is 6.05. The molecule has 3 aromatic rings. The summed E-state index contributed by atoms with van der Waals surface area (Å²) in [5.41, 5.74) is 8.26. The van der Waals surface area contributed by atoms with E-state index in [-0.39, 0.29) is 18.3 Å². The van der Waals surface area contributed by atoms with Crippen molar-refractivity contribution in [2.75, 3.05) is 18.4 Å². The number of carbonyl (C=O) groups excluding carboxylic acids is 1. The van der Waals surface area contributed by atoms with E-state index in [4.69, 9.17) is 0 Å². The van der Waals surface area contributed by atoms with E-state index in [0.717, 1.165) is 54.1 Å². The summed E-state index contributed by atoms with van der Waals surface area (Å²) >= 11 is 0. The molecular weight excluding hydrogens is 408 g/mol. The fraction of sp³-hybridized carbons (Fsp3) is 0.360. The smallest absolute Gasteiger partial charge is 0.259 e. The third-order valence-electron chi connectivity index (χ3n) is 5.99. The summed E-state index contributed by atoms with van der Waals surface area (Å²) in [6.45, 7) is 10.2. The van der Waals surface area contributed by atoms with Crippen molar-refractivity contribution in [3.8, 4) is 5.69 Å². The maximum atomic E-state index is 13.3. The number of anilines is 1. The lowest BCUT2D eigenvalue weighted by Gasteiger charge is -2.25. The molecule has 1 aromatic heterocycles. The van der Waals surface area contributed by atoms with E-state index in [1.807, 2.05) is 30.7 Å². The fourth-order valence-corrected chi connectivity index (χ4v) is 4.33. The predicted molar refractivity (Wildman–Crippen MR) is 129 cm³/mol. The van der Waals surface area contributed by atoms with Crippen molar-refractivity contribution < 1.29 is 4.79 Å². The Bertz CT molecular complexity index is 1060. The fourth-order valence-electron chi connectivity index (χ4n) is 4.33. The van der Waals surface area contributed by atoms with Gasteiger partial charge in [0.15, 0.2) is 0 Å². The standard InChI is InChI=1S/C25H30N4O.ClH/c1-16-11-17(2)13-21(12-16)28-25(30)23-15-27-29(22-6-5-18(3)19(4)14-22)24(23)20-7-9-26-10-8-20;/h5-6,11-15,20,26H,7-10H2,1-4H3,(H,28,30);1H. The van der Waals surface area contributed by atoms with Gasteiger partial charge in [-0.1, -0.05) is 12.1 Å². The lowest BCUT2D eigenvalue weighted by molar-refractivity contribution is 0.102. The molecule has 2 aromatic carbocycles. The monoisotopic (exact) mass is 438 g/mol. The predicted octanol–water partition coefficient (Wildman–Crippen LogP) is 5.25. The van der Waals surface area contributed by atoms with Crippen LogP contribution >= 0.6 is 12.4 Å². The van der Waals surface area contributed by atoms with E-state index in [2.05, 4.69) is 53.8 Å². The molecule has 1 saturated heterocycles. The van der Waals surface area contributed by atoms with Crippen LogP contribution in [0.25, 0.3) is 5.69 Å². The van der Waals surface area contributed by atoms with Gasteiger partial charge in [-0.25, -0.2) is 4.68 Å². The molecule has 1 aliphatic rings. The zero-order valence-corrected chi connectivity index (χ0v) is 19.5. The van der Waals surface area contributed by atoms with Gasteiger partial charge >= 0.3 is 0 Å². The van der Waals surface area contributed by atoms with E-state index in [1.165, 1.54) is 11.1 Å². The normalized spacial score (nSPS) is 14.2. The van der Waals surface area contributed by atoms with Gasteiger partial charge in [-0.3, -0.25) is 4.79 Å². The first kappa shape index (κ1) is 23.0. The van der Waals surface area contributed by atoms with Gasteiger partial charge in [0.1, 0.15) is 0 Å². The summed E-state index contributed by atoms with van der Waals surface area (Å²) in [6.07, 6.45) is 3.73. The molecule has 1 fully saturated rings. The molecule has 31 heavy (non-hydrogen) atoms. The van der Waals surface area contributed by atoms with Crippen LogP contribution in [0.2, 0.25) is 0 Å². The molecule has 6 heteroatoms. The van der Waals surface area contributed by atoms with Gasteiger partial charge in [0.2, 0.25) is 0 Å². The maximum Gasteiger partial charge on any atom is 0.259 e. The Morgan fingerprint density at radius 3 is 2.32 bits per heavy atom. The number of halogens is 1. The molecule has 2 heterocycles. The van der Waals surface area contributed by atoms with Crippen molar-refractivity contribution in [2.45, 2.75) is 46.5 Å². The second kappa shape index (κ2) is 9.67. The molecule has 0 aliphatic carbocycles. The second-order valence-electron chi connectivity index (χ2n) is 8.48. The Morgan fingerprint density at radius 2 is 1.68 bits per heavy atom. The zero-order chi connectivity index (χ0) is 21.3. The lowest BCUT2D eigenvalue weighted by atomic mass is 9.91. The average molecular weight is 439 g/mol. The van der Waals surface area contributed by atoms with E-state index < -0.39 is 0 Å². The Hall–Kier alpha value is -2.63. The number of hydrogen-bond acceptors (Lipinski definition) is 3. The molecular formula is C25H31ClN4O. The van der Waals surface area contributed by atoms with Gasteiger partial charge in [-0.05, 0) is 100 Å². The molecule has 0 atom stereocenters. The number of nitrogens with zero attached hydrogens (tertiary/aromatic N) is 2. The number of hydrogen-bond donors (Lipinski definition) is 2. The van der Waals surface area contributed by atoms with Crippen LogP contribution in [-0.2, 0) is 0 Å². The van der Waals surface area contributed by atoms with Crippen molar-refractivity contribution in [2.24, 2.45) is 0 Å². The Kier molecular flexibility index (Phi) is 7.19. The molecule has 0 spiro atoms. The van der Waals surface area contributed by atoms with Crippen LogP contribution in [0.15, 0.2) is 42.6 Å². The summed E-state index contributed by atoms with van der Waals surface area (Å²) in [5.74, 6) is 0.207. The molecule has 0 saturated carbocycles. The van der Waals surface area contributed by atoms with E-state index in [9.17, 15) is 4.79 Å². The summed E-state index contributed by atoms with van der Waals surface area (Å²) in [5, 5.41) is 11.2. The third-order valence-corrected chi connectivity index (χ3v) is 5.99. The van der Waals surface area contributed by atoms with E-state index in [1.54, 1.807) is 6.20 Å². The van der Waals surface area contributed by atoms with Gasteiger partial charge in [0.25, 0.3) is 5.91 Å². The first-order valence-electron chi connectivity index (χ1n) is 10.7. The first-order valence-corrected chi connectivity index (χ1v) is 10.7. The van der Waals surface area contributed by atoms with Crippen LogP contribution in [0.3, 0.4) is 0 Å². The number of amides is 1. The Labute approximate surface area is 190 Å². The minimum atomic E-state index is -0.0939. The molecule has 0 bridgehead atoms. The summed E-state index contributed by atoms with van der Waals surface area (Å²) in [7, 11) is 0. The van der Waals surface area contributed by atoms with Crippen LogP contribution in [-0.4, -0.2) is 28.8 Å². The number of piperidine rings is 1. The molecule has 164 valence electrons. The summed E-state index contributed by atoms with van der Waals surface area (Å²) in [6, 6.07) is 12.5. The molecule has 0 radical (unpaired) electrons. The number of aromatic nitrogens is 2. The SMILES string of the molecule is Cc1cc(C)cc(NC(=O)c2cnn(-c3ccc(C)c(C)c3)c2C2CCNCC2)c1.Cl. The molecule has 5 nitrogen and oxygen atoms in total. The van der Waals surface area contributed by atoms with E-state index >= 15 is 0 Å². The summed E-state index contributed by atoms with van der Waals surface area (Å²) in [4.78, 5) is 13.3. The van der Waals surface area contributed by atoms with Crippen molar-refractivity contribution >= 4 is 24.0 Å².